The quantitative estimate of drug-likeness (QED) is 0.737. The van der Waals surface area contributed by atoms with Crippen molar-refractivity contribution in [2.45, 2.75) is 33.6 Å². The predicted molar refractivity (Wildman–Crippen MR) is 54.8 cm³/mol. The highest BCUT2D eigenvalue weighted by atomic mass is 16.4. The van der Waals surface area contributed by atoms with Crippen molar-refractivity contribution in [2.24, 2.45) is 35.5 Å². The second-order valence-electron chi connectivity index (χ2n) is 5.48. The van der Waals surface area contributed by atoms with Crippen LogP contribution in [0.4, 0.5) is 0 Å². The average Bonchev–Trinajstić information content (AvgIpc) is 2.79. The summed E-state index contributed by atoms with van der Waals surface area (Å²) >= 11 is 0. The summed E-state index contributed by atoms with van der Waals surface area (Å²) in [6.45, 7) is 6.68. The Morgan fingerprint density at radius 2 is 1.93 bits per heavy atom. The first-order chi connectivity index (χ1) is 6.54. The van der Waals surface area contributed by atoms with Crippen molar-refractivity contribution in [1.29, 1.82) is 0 Å². The molecule has 0 radical (unpaired) electrons. The van der Waals surface area contributed by atoms with Gasteiger partial charge in [-0.3, -0.25) is 4.79 Å². The third kappa shape index (κ3) is 1.35. The minimum atomic E-state index is -0.556. The summed E-state index contributed by atoms with van der Waals surface area (Å²) in [5.74, 6) is 2.37. The number of hydrogen-bond donors (Lipinski definition) is 1. The van der Waals surface area contributed by atoms with Crippen molar-refractivity contribution < 1.29 is 9.90 Å². The van der Waals surface area contributed by atoms with Crippen LogP contribution in [0.2, 0.25) is 0 Å². The summed E-state index contributed by atoms with van der Waals surface area (Å²) in [6.07, 6.45) is 2.47. The summed E-state index contributed by atoms with van der Waals surface area (Å²) in [4.78, 5) is 11.0. The molecule has 5 atom stereocenters. The van der Waals surface area contributed by atoms with Crippen LogP contribution in [-0.4, -0.2) is 11.1 Å². The highest BCUT2D eigenvalue weighted by molar-refractivity contribution is 5.74. The van der Waals surface area contributed by atoms with Crippen LogP contribution in [0.1, 0.15) is 33.6 Å². The van der Waals surface area contributed by atoms with Gasteiger partial charge in [-0.1, -0.05) is 27.2 Å². The van der Waals surface area contributed by atoms with Gasteiger partial charge in [0.25, 0.3) is 0 Å². The van der Waals surface area contributed by atoms with Crippen molar-refractivity contribution in [3.8, 4) is 0 Å². The molecule has 2 rings (SSSR count). The third-order valence-corrected chi connectivity index (χ3v) is 4.38. The van der Waals surface area contributed by atoms with E-state index in [1.54, 1.807) is 0 Å². The fraction of sp³-hybridized carbons (Fsp3) is 0.917. The number of carboxylic acid groups (broad SMARTS) is 1. The molecule has 0 heterocycles. The van der Waals surface area contributed by atoms with Crippen molar-refractivity contribution in [3.63, 3.8) is 0 Å². The van der Waals surface area contributed by atoms with E-state index in [4.69, 9.17) is 5.11 Å². The summed E-state index contributed by atoms with van der Waals surface area (Å²) in [5.41, 5.74) is 0. The molecule has 2 fully saturated rings. The molecule has 2 aliphatic rings. The van der Waals surface area contributed by atoms with Crippen LogP contribution >= 0.6 is 0 Å². The molecule has 0 aromatic rings. The van der Waals surface area contributed by atoms with E-state index in [0.29, 0.717) is 29.6 Å². The van der Waals surface area contributed by atoms with E-state index in [1.807, 2.05) is 0 Å². The number of hydrogen-bond acceptors (Lipinski definition) is 1. The zero-order chi connectivity index (χ0) is 10.5. The lowest BCUT2D eigenvalue weighted by Crippen LogP contribution is -2.20. The number of carbonyl (C=O) groups is 1. The summed E-state index contributed by atoms with van der Waals surface area (Å²) in [5, 5.41) is 9.10. The average molecular weight is 196 g/mol. The number of carboxylic acids is 1. The molecular formula is C12H20O2. The topological polar surface area (TPSA) is 37.3 Å². The Morgan fingerprint density at radius 1 is 1.29 bits per heavy atom. The number of fused-ring (bicyclic) bond motifs is 1. The van der Waals surface area contributed by atoms with Crippen molar-refractivity contribution >= 4 is 5.97 Å². The van der Waals surface area contributed by atoms with Gasteiger partial charge in [0.1, 0.15) is 0 Å². The molecule has 0 aliphatic heterocycles. The molecule has 2 heteroatoms. The molecule has 2 aliphatic carbocycles. The first-order valence-electron chi connectivity index (χ1n) is 5.76. The molecule has 0 bridgehead atoms. The van der Waals surface area contributed by atoms with E-state index >= 15 is 0 Å². The Morgan fingerprint density at radius 3 is 2.43 bits per heavy atom. The monoisotopic (exact) mass is 196 g/mol. The molecule has 0 amide bonds. The minimum absolute atomic E-state index is 0.0140. The SMILES string of the molecule is CC(C)[C@@H]1CC[C@@H](C)[C@H]2[C@H](C(=O)O)[C@H]21. The normalized spacial score (nSPS) is 46.1. The van der Waals surface area contributed by atoms with Gasteiger partial charge in [0.15, 0.2) is 0 Å². The van der Waals surface area contributed by atoms with Gasteiger partial charge in [-0.15, -0.1) is 0 Å². The number of aliphatic carboxylic acids is 1. The van der Waals surface area contributed by atoms with Crippen molar-refractivity contribution in [1.82, 2.24) is 0 Å². The Bertz CT molecular complexity index is 247. The minimum Gasteiger partial charge on any atom is -0.481 e. The summed E-state index contributed by atoms with van der Waals surface area (Å²) in [6, 6.07) is 0. The summed E-state index contributed by atoms with van der Waals surface area (Å²) < 4.78 is 0. The highest BCUT2D eigenvalue weighted by Gasteiger charge is 2.62. The van der Waals surface area contributed by atoms with E-state index in [-0.39, 0.29) is 5.92 Å². The first-order valence-corrected chi connectivity index (χ1v) is 5.76. The molecule has 0 aromatic heterocycles. The molecule has 0 unspecified atom stereocenters. The lowest BCUT2D eigenvalue weighted by molar-refractivity contribution is -0.139. The van der Waals surface area contributed by atoms with Gasteiger partial charge < -0.3 is 5.11 Å². The van der Waals surface area contributed by atoms with E-state index in [0.717, 1.165) is 0 Å². The number of rotatable bonds is 2. The van der Waals surface area contributed by atoms with E-state index < -0.39 is 5.97 Å². The van der Waals surface area contributed by atoms with E-state index in [9.17, 15) is 4.79 Å². The summed E-state index contributed by atoms with van der Waals surface area (Å²) in [7, 11) is 0. The van der Waals surface area contributed by atoms with Gasteiger partial charge in [-0.2, -0.15) is 0 Å². The fourth-order valence-corrected chi connectivity index (χ4v) is 3.59. The maximum Gasteiger partial charge on any atom is 0.307 e. The van der Waals surface area contributed by atoms with Gasteiger partial charge in [0.2, 0.25) is 0 Å². The van der Waals surface area contributed by atoms with E-state index in [2.05, 4.69) is 20.8 Å². The fourth-order valence-electron chi connectivity index (χ4n) is 3.59. The largest absolute Gasteiger partial charge is 0.481 e. The van der Waals surface area contributed by atoms with Gasteiger partial charge >= 0.3 is 5.97 Å². The van der Waals surface area contributed by atoms with Crippen molar-refractivity contribution in [2.75, 3.05) is 0 Å². The predicted octanol–water partition coefficient (Wildman–Crippen LogP) is 2.64. The van der Waals surface area contributed by atoms with Crippen LogP contribution in [0.5, 0.6) is 0 Å². The standard InChI is InChI=1S/C12H20O2/c1-6(2)8-5-4-7(3)9-10(8)11(9)12(13)14/h6-11H,4-5H2,1-3H3,(H,13,14)/t7-,8+,9-,10+,11+/m1/s1. The van der Waals surface area contributed by atoms with Crippen LogP contribution in [0.15, 0.2) is 0 Å². The second-order valence-corrected chi connectivity index (χ2v) is 5.48. The molecule has 0 spiro atoms. The molecule has 14 heavy (non-hydrogen) atoms. The van der Waals surface area contributed by atoms with Gasteiger partial charge in [0.05, 0.1) is 5.92 Å². The molecule has 2 saturated carbocycles. The molecule has 0 aromatic carbocycles. The molecule has 1 N–H and O–H groups in total. The zero-order valence-corrected chi connectivity index (χ0v) is 9.23. The van der Waals surface area contributed by atoms with Crippen LogP contribution in [0.25, 0.3) is 0 Å². The van der Waals surface area contributed by atoms with Gasteiger partial charge in [-0.05, 0) is 36.0 Å². The molecule has 2 nitrogen and oxygen atoms in total. The van der Waals surface area contributed by atoms with Crippen LogP contribution < -0.4 is 0 Å². The Balaban J connectivity index is 2.11. The lowest BCUT2D eigenvalue weighted by atomic mass is 9.77. The van der Waals surface area contributed by atoms with E-state index in [1.165, 1.54) is 12.8 Å². The lowest BCUT2D eigenvalue weighted by Gasteiger charge is -2.28. The Hall–Kier alpha value is -0.530. The van der Waals surface area contributed by atoms with Gasteiger partial charge in [-0.25, -0.2) is 0 Å². The van der Waals surface area contributed by atoms with Crippen LogP contribution in [0.3, 0.4) is 0 Å². The Labute approximate surface area is 85.7 Å². The Kier molecular flexibility index (Phi) is 2.32. The van der Waals surface area contributed by atoms with Crippen molar-refractivity contribution in [3.05, 3.63) is 0 Å². The second kappa shape index (κ2) is 3.25. The third-order valence-electron chi connectivity index (χ3n) is 4.38. The molecule has 80 valence electrons. The first kappa shape index (κ1) is 10.0. The molecular weight excluding hydrogens is 176 g/mol. The van der Waals surface area contributed by atoms with Crippen LogP contribution in [0, 0.1) is 35.5 Å². The highest BCUT2D eigenvalue weighted by Crippen LogP contribution is 2.62. The molecule has 0 saturated heterocycles. The van der Waals surface area contributed by atoms with Crippen LogP contribution in [-0.2, 0) is 4.79 Å². The van der Waals surface area contributed by atoms with Gasteiger partial charge in [0, 0.05) is 0 Å². The zero-order valence-electron chi connectivity index (χ0n) is 9.23. The smallest absolute Gasteiger partial charge is 0.307 e. The maximum atomic E-state index is 11.0. The maximum absolute atomic E-state index is 11.0.